The summed E-state index contributed by atoms with van der Waals surface area (Å²) < 4.78 is 6.22. The minimum Gasteiger partial charge on any atom is -0.451 e. The fraction of sp³-hybridized carbons (Fsp3) is 0. The van der Waals surface area contributed by atoms with E-state index in [1.807, 2.05) is 12.1 Å². The van der Waals surface area contributed by atoms with Crippen molar-refractivity contribution in [2.24, 2.45) is 0 Å². The second-order valence-corrected chi connectivity index (χ2v) is 5.90. The number of benzene rings is 2. The molecule has 1 heterocycles. The maximum atomic E-state index is 12.4. The smallest absolute Gasteiger partial charge is 0.228 e. The lowest BCUT2D eigenvalue weighted by Crippen LogP contribution is -1.99. The number of rotatable bonds is 2. The van der Waals surface area contributed by atoms with Gasteiger partial charge in [0.05, 0.1) is 10.0 Å². The molecule has 0 unspecified atom stereocenters. The Balaban J connectivity index is 2.08. The lowest BCUT2D eigenvalue weighted by atomic mass is 10.1. The number of carbonyl (C=O) groups excluding carboxylic acids is 1. The lowest BCUT2D eigenvalue weighted by molar-refractivity contribution is 0.101. The van der Waals surface area contributed by atoms with E-state index in [1.165, 1.54) is 0 Å². The zero-order valence-electron chi connectivity index (χ0n) is 9.99. The van der Waals surface area contributed by atoms with E-state index >= 15 is 0 Å². The Morgan fingerprint density at radius 2 is 1.85 bits per heavy atom. The molecule has 5 heteroatoms. The highest BCUT2D eigenvalue weighted by atomic mass is 79.9. The van der Waals surface area contributed by atoms with Crippen LogP contribution in [0.2, 0.25) is 10.0 Å². The Labute approximate surface area is 133 Å². The van der Waals surface area contributed by atoms with Gasteiger partial charge in [0.2, 0.25) is 5.78 Å². The molecule has 0 radical (unpaired) electrons. The minimum absolute atomic E-state index is 0.213. The first-order chi connectivity index (χ1) is 9.56. The van der Waals surface area contributed by atoms with E-state index in [4.69, 9.17) is 27.6 Å². The zero-order chi connectivity index (χ0) is 14.3. The topological polar surface area (TPSA) is 30.2 Å². The van der Waals surface area contributed by atoms with E-state index in [0.717, 1.165) is 5.39 Å². The van der Waals surface area contributed by atoms with Crippen LogP contribution in [0.25, 0.3) is 11.0 Å². The van der Waals surface area contributed by atoms with Gasteiger partial charge in [-0.05, 0) is 46.3 Å². The Bertz CT molecular complexity index is 824. The van der Waals surface area contributed by atoms with Gasteiger partial charge < -0.3 is 4.42 Å². The van der Waals surface area contributed by atoms with Crippen molar-refractivity contribution >= 4 is 55.9 Å². The first-order valence-electron chi connectivity index (χ1n) is 5.74. The highest BCUT2D eigenvalue weighted by molar-refractivity contribution is 9.10. The van der Waals surface area contributed by atoms with Gasteiger partial charge in [-0.3, -0.25) is 4.79 Å². The second-order valence-electron chi connectivity index (χ2n) is 4.23. The molecule has 0 spiro atoms. The molecule has 0 aliphatic carbocycles. The summed E-state index contributed by atoms with van der Waals surface area (Å²) in [6, 6.07) is 12.1. The van der Waals surface area contributed by atoms with Crippen molar-refractivity contribution in [1.29, 1.82) is 0 Å². The maximum Gasteiger partial charge on any atom is 0.228 e. The summed E-state index contributed by atoms with van der Waals surface area (Å²) in [5.74, 6) is 0.0388. The first-order valence-corrected chi connectivity index (χ1v) is 7.29. The number of ketones is 1. The van der Waals surface area contributed by atoms with Crippen molar-refractivity contribution in [1.82, 2.24) is 0 Å². The number of para-hydroxylation sites is 1. The predicted molar refractivity (Wildman–Crippen MR) is 83.8 cm³/mol. The van der Waals surface area contributed by atoms with Gasteiger partial charge in [0.25, 0.3) is 0 Å². The van der Waals surface area contributed by atoms with E-state index in [0.29, 0.717) is 25.7 Å². The fourth-order valence-electron chi connectivity index (χ4n) is 1.92. The average Bonchev–Trinajstić information content (AvgIpc) is 2.86. The van der Waals surface area contributed by atoms with Crippen molar-refractivity contribution in [2.45, 2.75) is 0 Å². The Morgan fingerprint density at radius 3 is 2.55 bits per heavy atom. The summed E-state index contributed by atoms with van der Waals surface area (Å²) in [7, 11) is 0. The average molecular weight is 370 g/mol. The predicted octanol–water partition coefficient (Wildman–Crippen LogP) is 5.73. The van der Waals surface area contributed by atoms with Crippen LogP contribution in [0.15, 0.2) is 51.4 Å². The van der Waals surface area contributed by atoms with Crippen LogP contribution in [-0.2, 0) is 0 Å². The number of furan rings is 1. The molecular formula is C15H7BrCl2O2. The molecule has 0 aliphatic heterocycles. The fourth-order valence-corrected chi connectivity index (χ4v) is 2.64. The monoisotopic (exact) mass is 368 g/mol. The van der Waals surface area contributed by atoms with Crippen LogP contribution in [0.5, 0.6) is 0 Å². The molecule has 0 saturated carbocycles. The summed E-state index contributed by atoms with van der Waals surface area (Å²) in [6.45, 7) is 0. The van der Waals surface area contributed by atoms with Gasteiger partial charge in [-0.1, -0.05) is 35.3 Å². The minimum atomic E-state index is -0.213. The van der Waals surface area contributed by atoms with Crippen LogP contribution in [0, 0.1) is 0 Å². The first kappa shape index (κ1) is 13.7. The molecule has 2 aromatic carbocycles. The van der Waals surface area contributed by atoms with Crippen LogP contribution in [-0.4, -0.2) is 5.78 Å². The highest BCUT2D eigenvalue weighted by Gasteiger charge is 2.16. The molecule has 0 atom stereocenters. The van der Waals surface area contributed by atoms with E-state index in [-0.39, 0.29) is 11.5 Å². The standard InChI is InChI=1S/C15H7BrCl2O2/c16-10-6-8(4-5-11(10)17)14(19)13-7-9-2-1-3-12(18)15(9)20-13/h1-7H. The SMILES string of the molecule is O=C(c1ccc(Cl)c(Br)c1)c1cc2cccc(Cl)c2o1. The van der Waals surface area contributed by atoms with Gasteiger partial charge in [-0.2, -0.15) is 0 Å². The number of carbonyl (C=O) groups is 1. The van der Waals surface area contributed by atoms with E-state index < -0.39 is 0 Å². The van der Waals surface area contributed by atoms with Gasteiger partial charge in [0, 0.05) is 15.4 Å². The van der Waals surface area contributed by atoms with Gasteiger partial charge in [-0.25, -0.2) is 0 Å². The summed E-state index contributed by atoms with van der Waals surface area (Å²) in [4.78, 5) is 12.4. The molecule has 3 aromatic rings. The van der Waals surface area contributed by atoms with E-state index in [1.54, 1.807) is 30.3 Å². The second kappa shape index (κ2) is 5.24. The molecule has 0 amide bonds. The van der Waals surface area contributed by atoms with Crippen molar-refractivity contribution in [2.75, 3.05) is 0 Å². The van der Waals surface area contributed by atoms with Gasteiger partial charge in [-0.15, -0.1) is 0 Å². The molecule has 1 aromatic heterocycles. The molecule has 100 valence electrons. The summed E-state index contributed by atoms with van der Waals surface area (Å²) >= 11 is 15.3. The van der Waals surface area contributed by atoms with Crippen molar-refractivity contribution in [3.63, 3.8) is 0 Å². The third-order valence-electron chi connectivity index (χ3n) is 2.90. The van der Waals surface area contributed by atoms with Crippen LogP contribution in [0.3, 0.4) is 0 Å². The molecule has 0 bridgehead atoms. The summed E-state index contributed by atoms with van der Waals surface area (Å²) in [6.07, 6.45) is 0. The van der Waals surface area contributed by atoms with E-state index in [2.05, 4.69) is 15.9 Å². The quantitative estimate of drug-likeness (QED) is 0.539. The van der Waals surface area contributed by atoms with Crippen molar-refractivity contribution < 1.29 is 9.21 Å². The molecule has 0 N–H and O–H groups in total. The van der Waals surface area contributed by atoms with Crippen LogP contribution >= 0.6 is 39.1 Å². The number of hydrogen-bond acceptors (Lipinski definition) is 2. The van der Waals surface area contributed by atoms with Crippen LogP contribution in [0.4, 0.5) is 0 Å². The molecular weight excluding hydrogens is 363 g/mol. The normalized spacial score (nSPS) is 10.9. The van der Waals surface area contributed by atoms with Crippen LogP contribution in [0.1, 0.15) is 16.1 Å². The summed E-state index contributed by atoms with van der Waals surface area (Å²) in [5.41, 5.74) is 1.02. The van der Waals surface area contributed by atoms with Crippen molar-refractivity contribution in [3.05, 3.63) is 68.3 Å². The molecule has 3 rings (SSSR count). The van der Waals surface area contributed by atoms with E-state index in [9.17, 15) is 4.79 Å². The molecule has 0 saturated heterocycles. The summed E-state index contributed by atoms with van der Waals surface area (Å²) in [5, 5.41) is 1.84. The lowest BCUT2D eigenvalue weighted by Gasteiger charge is -2.00. The molecule has 20 heavy (non-hydrogen) atoms. The number of halogens is 3. The highest BCUT2D eigenvalue weighted by Crippen LogP contribution is 2.29. The van der Waals surface area contributed by atoms with Gasteiger partial charge >= 0.3 is 0 Å². The zero-order valence-corrected chi connectivity index (χ0v) is 13.1. The number of fused-ring (bicyclic) bond motifs is 1. The maximum absolute atomic E-state index is 12.4. The Hall–Kier alpha value is -1.29. The molecule has 0 fully saturated rings. The Morgan fingerprint density at radius 1 is 1.05 bits per heavy atom. The third-order valence-corrected chi connectivity index (χ3v) is 4.41. The molecule has 0 aliphatic rings. The largest absolute Gasteiger partial charge is 0.451 e. The number of hydrogen-bond donors (Lipinski definition) is 0. The van der Waals surface area contributed by atoms with Crippen LogP contribution < -0.4 is 0 Å². The van der Waals surface area contributed by atoms with Gasteiger partial charge in [0.15, 0.2) is 11.3 Å². The van der Waals surface area contributed by atoms with Crippen molar-refractivity contribution in [3.8, 4) is 0 Å². The Kier molecular flexibility index (Phi) is 3.59. The molecule has 2 nitrogen and oxygen atoms in total. The third kappa shape index (κ3) is 2.37. The van der Waals surface area contributed by atoms with Gasteiger partial charge in [0.1, 0.15) is 0 Å².